The van der Waals surface area contributed by atoms with Gasteiger partial charge >= 0.3 is 0 Å². The number of hydrogen-bond acceptors (Lipinski definition) is 3. The zero-order valence-electron chi connectivity index (χ0n) is 14.6. The number of rotatable bonds is 8. The molecular formula is C20H27N3O. The van der Waals surface area contributed by atoms with Crippen molar-refractivity contribution < 1.29 is 4.79 Å². The van der Waals surface area contributed by atoms with Crippen LogP contribution in [-0.4, -0.2) is 25.5 Å². The summed E-state index contributed by atoms with van der Waals surface area (Å²) < 4.78 is 0. The van der Waals surface area contributed by atoms with Crippen molar-refractivity contribution in [3.05, 3.63) is 59.7 Å². The number of carbonyl (C=O) groups is 1. The lowest BCUT2D eigenvalue weighted by Gasteiger charge is -2.22. The van der Waals surface area contributed by atoms with Crippen LogP contribution >= 0.6 is 0 Å². The van der Waals surface area contributed by atoms with Crippen molar-refractivity contribution in [3.8, 4) is 0 Å². The third kappa shape index (κ3) is 5.01. The van der Waals surface area contributed by atoms with Crippen LogP contribution < -0.4 is 16.0 Å². The molecule has 2 aromatic rings. The average Bonchev–Trinajstić information content (AvgIpc) is 2.61. The van der Waals surface area contributed by atoms with Gasteiger partial charge in [-0.2, -0.15) is 0 Å². The average molecular weight is 325 g/mol. The van der Waals surface area contributed by atoms with Crippen molar-refractivity contribution in [3.63, 3.8) is 0 Å². The number of nitrogen functional groups attached to an aromatic ring is 1. The van der Waals surface area contributed by atoms with Crippen LogP contribution in [0.2, 0.25) is 0 Å². The van der Waals surface area contributed by atoms with Crippen LogP contribution in [0.25, 0.3) is 0 Å². The molecule has 0 radical (unpaired) electrons. The Morgan fingerprint density at radius 1 is 1.04 bits per heavy atom. The molecule has 24 heavy (non-hydrogen) atoms. The van der Waals surface area contributed by atoms with Crippen LogP contribution in [-0.2, 0) is 6.42 Å². The lowest BCUT2D eigenvalue weighted by atomic mass is 10.1. The zero-order chi connectivity index (χ0) is 17.4. The fourth-order valence-corrected chi connectivity index (χ4v) is 2.67. The highest BCUT2D eigenvalue weighted by molar-refractivity contribution is 5.94. The van der Waals surface area contributed by atoms with E-state index in [1.54, 1.807) is 0 Å². The van der Waals surface area contributed by atoms with Crippen LogP contribution in [0.3, 0.4) is 0 Å². The molecule has 0 saturated heterocycles. The molecule has 1 amide bonds. The molecule has 4 nitrogen and oxygen atoms in total. The molecular weight excluding hydrogens is 298 g/mol. The lowest BCUT2D eigenvalue weighted by Crippen LogP contribution is -2.26. The molecule has 0 bridgehead atoms. The molecule has 0 aromatic heterocycles. The maximum atomic E-state index is 12.2. The number of nitrogens with one attached hydrogen (secondary N) is 1. The molecule has 128 valence electrons. The first-order valence-corrected chi connectivity index (χ1v) is 8.61. The highest BCUT2D eigenvalue weighted by atomic mass is 16.1. The number of anilines is 2. The third-order valence-electron chi connectivity index (χ3n) is 4.05. The fourth-order valence-electron chi connectivity index (χ4n) is 2.67. The highest BCUT2D eigenvalue weighted by Gasteiger charge is 2.07. The van der Waals surface area contributed by atoms with Gasteiger partial charge in [0.2, 0.25) is 0 Å². The minimum atomic E-state index is -0.0319. The molecule has 2 aromatic carbocycles. The minimum absolute atomic E-state index is 0.0319. The number of hydrogen-bond donors (Lipinski definition) is 2. The lowest BCUT2D eigenvalue weighted by molar-refractivity contribution is 0.0954. The van der Waals surface area contributed by atoms with Gasteiger partial charge < -0.3 is 16.0 Å². The van der Waals surface area contributed by atoms with E-state index in [0.29, 0.717) is 12.1 Å². The first kappa shape index (κ1) is 17.9. The summed E-state index contributed by atoms with van der Waals surface area (Å²) in [4.78, 5) is 14.5. The monoisotopic (exact) mass is 325 g/mol. The Labute approximate surface area is 144 Å². The van der Waals surface area contributed by atoms with Gasteiger partial charge in [0.1, 0.15) is 0 Å². The summed E-state index contributed by atoms with van der Waals surface area (Å²) in [6, 6.07) is 15.6. The van der Waals surface area contributed by atoms with Gasteiger partial charge in [0.05, 0.1) is 0 Å². The molecule has 0 heterocycles. The third-order valence-corrected chi connectivity index (χ3v) is 4.05. The van der Waals surface area contributed by atoms with Crippen LogP contribution in [0, 0.1) is 0 Å². The summed E-state index contributed by atoms with van der Waals surface area (Å²) in [5.41, 5.74) is 9.45. The van der Waals surface area contributed by atoms with E-state index in [-0.39, 0.29) is 5.91 Å². The van der Waals surface area contributed by atoms with Gasteiger partial charge in [0.25, 0.3) is 5.91 Å². The normalized spacial score (nSPS) is 10.4. The molecule has 4 heteroatoms. The number of benzene rings is 2. The molecule has 0 saturated carbocycles. The van der Waals surface area contributed by atoms with Gasteiger partial charge in [0.15, 0.2) is 0 Å². The van der Waals surface area contributed by atoms with Crippen LogP contribution in [0.1, 0.15) is 36.2 Å². The maximum Gasteiger partial charge on any atom is 0.251 e. The summed E-state index contributed by atoms with van der Waals surface area (Å²) in [7, 11) is 0. The van der Waals surface area contributed by atoms with E-state index in [1.807, 2.05) is 48.5 Å². The predicted octanol–water partition coefficient (Wildman–Crippen LogP) is 3.48. The minimum Gasteiger partial charge on any atom is -0.399 e. The highest BCUT2D eigenvalue weighted by Crippen LogP contribution is 2.15. The summed E-state index contributed by atoms with van der Waals surface area (Å²) >= 11 is 0. The van der Waals surface area contributed by atoms with Crippen molar-refractivity contribution in [1.82, 2.24) is 5.32 Å². The molecule has 0 aliphatic rings. The zero-order valence-corrected chi connectivity index (χ0v) is 14.6. The molecule has 0 aliphatic carbocycles. The number of nitrogens with two attached hydrogens (primary N) is 1. The van der Waals surface area contributed by atoms with E-state index in [2.05, 4.69) is 24.1 Å². The Morgan fingerprint density at radius 2 is 1.71 bits per heavy atom. The predicted molar refractivity (Wildman–Crippen MR) is 102 cm³/mol. The van der Waals surface area contributed by atoms with E-state index in [9.17, 15) is 4.79 Å². The van der Waals surface area contributed by atoms with Crippen molar-refractivity contribution in [2.24, 2.45) is 0 Å². The summed E-state index contributed by atoms with van der Waals surface area (Å²) in [5, 5.41) is 2.97. The van der Waals surface area contributed by atoms with Crippen molar-refractivity contribution in [1.29, 1.82) is 0 Å². The Hall–Kier alpha value is -2.49. The molecule has 0 atom stereocenters. The number of amides is 1. The van der Waals surface area contributed by atoms with Crippen LogP contribution in [0.4, 0.5) is 11.4 Å². The second-order valence-corrected chi connectivity index (χ2v) is 5.87. The molecule has 0 aliphatic heterocycles. The Bertz CT molecular complexity index is 635. The largest absolute Gasteiger partial charge is 0.399 e. The van der Waals surface area contributed by atoms with E-state index >= 15 is 0 Å². The van der Waals surface area contributed by atoms with E-state index in [1.165, 1.54) is 0 Å². The number of nitrogens with zero attached hydrogens (tertiary/aromatic N) is 1. The van der Waals surface area contributed by atoms with E-state index < -0.39 is 0 Å². The van der Waals surface area contributed by atoms with Gasteiger partial charge in [-0.05, 0) is 61.7 Å². The molecule has 0 unspecified atom stereocenters. The van der Waals surface area contributed by atoms with Crippen molar-refractivity contribution in [2.45, 2.75) is 26.7 Å². The van der Waals surface area contributed by atoms with Gasteiger partial charge in [-0.15, -0.1) is 0 Å². The Balaban J connectivity index is 1.86. The topological polar surface area (TPSA) is 58.4 Å². The molecule has 0 fully saturated rings. The fraction of sp³-hybridized carbons (Fsp3) is 0.350. The first-order valence-electron chi connectivity index (χ1n) is 8.61. The van der Waals surface area contributed by atoms with Crippen LogP contribution in [0.5, 0.6) is 0 Å². The summed E-state index contributed by atoms with van der Waals surface area (Å²) in [6.45, 7) is 6.94. The van der Waals surface area contributed by atoms with Gasteiger partial charge in [-0.25, -0.2) is 0 Å². The van der Waals surface area contributed by atoms with Gasteiger partial charge in [-0.1, -0.05) is 19.1 Å². The summed E-state index contributed by atoms with van der Waals surface area (Å²) in [5.74, 6) is -0.0319. The second kappa shape index (κ2) is 8.96. The molecule has 2 rings (SSSR count). The van der Waals surface area contributed by atoms with Gasteiger partial charge in [-0.3, -0.25) is 4.79 Å². The van der Waals surface area contributed by atoms with E-state index in [4.69, 9.17) is 5.73 Å². The first-order chi connectivity index (χ1) is 11.6. The van der Waals surface area contributed by atoms with Crippen molar-refractivity contribution >= 4 is 17.3 Å². The Kier molecular flexibility index (Phi) is 6.67. The second-order valence-electron chi connectivity index (χ2n) is 5.87. The summed E-state index contributed by atoms with van der Waals surface area (Å²) in [6.07, 6.45) is 1.91. The smallest absolute Gasteiger partial charge is 0.251 e. The standard InChI is InChI=1S/C20H27N3O/c1-3-15-23(4-2)19-11-7-17(8-12-19)20(24)22-14-13-16-5-9-18(21)10-6-16/h5-12H,3-4,13-15,21H2,1-2H3,(H,22,24). The molecule has 0 spiro atoms. The number of carbonyl (C=O) groups excluding carboxylic acids is 1. The van der Waals surface area contributed by atoms with E-state index in [0.717, 1.165) is 42.9 Å². The Morgan fingerprint density at radius 3 is 2.29 bits per heavy atom. The quantitative estimate of drug-likeness (QED) is 0.731. The molecule has 3 N–H and O–H groups in total. The van der Waals surface area contributed by atoms with Crippen molar-refractivity contribution in [2.75, 3.05) is 30.3 Å². The van der Waals surface area contributed by atoms with Crippen LogP contribution in [0.15, 0.2) is 48.5 Å². The maximum absolute atomic E-state index is 12.2. The SMILES string of the molecule is CCCN(CC)c1ccc(C(=O)NCCc2ccc(N)cc2)cc1. The van der Waals surface area contributed by atoms with Gasteiger partial charge in [0, 0.05) is 36.6 Å².